The summed E-state index contributed by atoms with van der Waals surface area (Å²) in [4.78, 5) is 19.1. The van der Waals surface area contributed by atoms with Crippen molar-refractivity contribution < 1.29 is 4.79 Å². The first-order chi connectivity index (χ1) is 9.79. The summed E-state index contributed by atoms with van der Waals surface area (Å²) >= 11 is 0. The first-order valence-electron chi connectivity index (χ1n) is 7.80. The molecule has 1 amide bonds. The molecule has 2 aliphatic rings. The zero-order chi connectivity index (χ0) is 13.9. The Labute approximate surface area is 120 Å². The third-order valence-electron chi connectivity index (χ3n) is 4.64. The van der Waals surface area contributed by atoms with Crippen LogP contribution in [0.4, 0.5) is 5.82 Å². The Morgan fingerprint density at radius 3 is 3.10 bits per heavy atom. The fourth-order valence-corrected chi connectivity index (χ4v) is 3.67. The number of rotatable bonds is 3. The lowest BCUT2D eigenvalue weighted by atomic mass is 9.85. The van der Waals surface area contributed by atoms with Gasteiger partial charge in [0.2, 0.25) is 0 Å². The number of aromatic nitrogens is 1. The maximum absolute atomic E-state index is 12.7. The van der Waals surface area contributed by atoms with Crippen LogP contribution in [0.2, 0.25) is 0 Å². The van der Waals surface area contributed by atoms with Gasteiger partial charge in [-0.2, -0.15) is 0 Å². The Morgan fingerprint density at radius 2 is 2.25 bits per heavy atom. The molecule has 2 heterocycles. The van der Waals surface area contributed by atoms with Crippen LogP contribution in [0.3, 0.4) is 0 Å². The van der Waals surface area contributed by atoms with Crippen molar-refractivity contribution in [1.29, 1.82) is 0 Å². The second-order valence-corrected chi connectivity index (χ2v) is 5.86. The van der Waals surface area contributed by atoms with E-state index in [2.05, 4.69) is 15.2 Å². The lowest BCUT2D eigenvalue weighted by Crippen LogP contribution is -2.39. The lowest BCUT2D eigenvalue weighted by Gasteiger charge is -2.31. The van der Waals surface area contributed by atoms with Crippen LogP contribution < -0.4 is 5.32 Å². The van der Waals surface area contributed by atoms with Gasteiger partial charge in [-0.05, 0) is 44.2 Å². The van der Waals surface area contributed by atoms with Crippen LogP contribution in [0.25, 0.3) is 0 Å². The molecule has 1 aromatic rings. The molecular formula is C16H23N3O. The van der Waals surface area contributed by atoms with Crippen LogP contribution in [0.5, 0.6) is 0 Å². The topological polar surface area (TPSA) is 45.2 Å². The summed E-state index contributed by atoms with van der Waals surface area (Å²) in [6.07, 6.45) is 7.99. The van der Waals surface area contributed by atoms with E-state index < -0.39 is 0 Å². The number of hydrogen-bond acceptors (Lipinski definition) is 3. The van der Waals surface area contributed by atoms with Gasteiger partial charge in [0.1, 0.15) is 5.82 Å². The van der Waals surface area contributed by atoms with E-state index in [-0.39, 0.29) is 5.91 Å². The lowest BCUT2D eigenvalue weighted by molar-refractivity contribution is 0.0690. The third kappa shape index (κ3) is 2.51. The summed E-state index contributed by atoms with van der Waals surface area (Å²) in [5, 5.41) is 3.17. The van der Waals surface area contributed by atoms with Gasteiger partial charge >= 0.3 is 0 Å². The van der Waals surface area contributed by atoms with E-state index >= 15 is 0 Å². The molecule has 0 aromatic carbocycles. The number of likely N-dealkylation sites (tertiary alicyclic amines) is 1. The summed E-state index contributed by atoms with van der Waals surface area (Å²) in [5.74, 6) is 1.71. The van der Waals surface area contributed by atoms with Crippen LogP contribution >= 0.6 is 0 Å². The van der Waals surface area contributed by atoms with E-state index in [1.165, 1.54) is 32.1 Å². The molecule has 4 nitrogen and oxygen atoms in total. The van der Waals surface area contributed by atoms with Crippen molar-refractivity contribution in [3.63, 3.8) is 0 Å². The predicted molar refractivity (Wildman–Crippen MR) is 79.8 cm³/mol. The molecule has 1 aliphatic carbocycles. The van der Waals surface area contributed by atoms with Crippen molar-refractivity contribution in [2.24, 2.45) is 5.92 Å². The van der Waals surface area contributed by atoms with Gasteiger partial charge in [0.25, 0.3) is 5.91 Å². The highest BCUT2D eigenvalue weighted by atomic mass is 16.2. The average molecular weight is 273 g/mol. The Balaban J connectivity index is 1.76. The number of amides is 1. The molecule has 2 atom stereocenters. The Hall–Kier alpha value is -1.58. The number of anilines is 1. The fraction of sp³-hybridized carbons (Fsp3) is 0.625. The van der Waals surface area contributed by atoms with Gasteiger partial charge in [-0.25, -0.2) is 4.98 Å². The molecular weight excluding hydrogens is 250 g/mol. The molecule has 4 heteroatoms. The van der Waals surface area contributed by atoms with Crippen molar-refractivity contribution >= 4 is 11.7 Å². The predicted octanol–water partition coefficient (Wildman–Crippen LogP) is 2.92. The number of nitrogens with one attached hydrogen (secondary N) is 1. The van der Waals surface area contributed by atoms with Crippen molar-refractivity contribution in [3.8, 4) is 0 Å². The van der Waals surface area contributed by atoms with Crippen LogP contribution in [0.15, 0.2) is 18.3 Å². The second kappa shape index (κ2) is 5.81. The minimum absolute atomic E-state index is 0.181. The summed E-state index contributed by atoms with van der Waals surface area (Å²) in [6, 6.07) is 4.19. The molecule has 1 aromatic heterocycles. The first kappa shape index (κ1) is 13.4. The molecule has 3 rings (SSSR count). The van der Waals surface area contributed by atoms with Gasteiger partial charge in [0, 0.05) is 30.9 Å². The van der Waals surface area contributed by atoms with Gasteiger partial charge in [0.15, 0.2) is 0 Å². The monoisotopic (exact) mass is 273 g/mol. The van der Waals surface area contributed by atoms with Crippen molar-refractivity contribution in [2.75, 3.05) is 18.4 Å². The maximum Gasteiger partial charge on any atom is 0.254 e. The largest absolute Gasteiger partial charge is 0.370 e. The van der Waals surface area contributed by atoms with Gasteiger partial charge < -0.3 is 10.2 Å². The maximum atomic E-state index is 12.7. The summed E-state index contributed by atoms with van der Waals surface area (Å²) in [5.41, 5.74) is 0.766. The molecule has 0 spiro atoms. The van der Waals surface area contributed by atoms with E-state index in [9.17, 15) is 4.79 Å². The van der Waals surface area contributed by atoms with Crippen LogP contribution in [0, 0.1) is 5.92 Å². The minimum atomic E-state index is 0.181. The second-order valence-electron chi connectivity index (χ2n) is 5.86. The number of hydrogen-bond donors (Lipinski definition) is 1. The standard InChI is InChI=1S/C16H23N3O/c1-2-17-15-11-13(7-9-18-15)16(20)19-10-8-12-5-3-4-6-14(12)19/h7,9,11-12,14H,2-6,8,10H2,1H3,(H,17,18). The highest BCUT2D eigenvalue weighted by Crippen LogP contribution is 2.36. The highest BCUT2D eigenvalue weighted by Gasteiger charge is 2.38. The average Bonchev–Trinajstić information content (AvgIpc) is 2.91. The number of carbonyl (C=O) groups excluding carboxylic acids is 1. The smallest absolute Gasteiger partial charge is 0.254 e. The van der Waals surface area contributed by atoms with Gasteiger partial charge in [0.05, 0.1) is 0 Å². The van der Waals surface area contributed by atoms with Crippen molar-refractivity contribution in [2.45, 2.75) is 45.1 Å². The van der Waals surface area contributed by atoms with Crippen molar-refractivity contribution in [3.05, 3.63) is 23.9 Å². The minimum Gasteiger partial charge on any atom is -0.370 e. The summed E-state index contributed by atoms with van der Waals surface area (Å²) in [7, 11) is 0. The Morgan fingerprint density at radius 1 is 1.40 bits per heavy atom. The molecule has 0 bridgehead atoms. The fourth-order valence-electron chi connectivity index (χ4n) is 3.67. The SMILES string of the molecule is CCNc1cc(C(=O)N2CCC3CCCCC32)ccn1. The third-order valence-corrected chi connectivity index (χ3v) is 4.64. The van der Waals surface area contributed by atoms with E-state index in [1.54, 1.807) is 6.20 Å². The van der Waals surface area contributed by atoms with E-state index in [0.29, 0.717) is 6.04 Å². The Kier molecular flexibility index (Phi) is 3.90. The molecule has 1 saturated heterocycles. The van der Waals surface area contributed by atoms with Crippen molar-refractivity contribution in [1.82, 2.24) is 9.88 Å². The Bertz CT molecular complexity index is 488. The molecule has 1 aliphatic heterocycles. The van der Waals surface area contributed by atoms with Gasteiger partial charge in [-0.1, -0.05) is 12.8 Å². The summed E-state index contributed by atoms with van der Waals surface area (Å²) in [6.45, 7) is 3.77. The normalized spacial score (nSPS) is 25.4. The highest BCUT2D eigenvalue weighted by molar-refractivity contribution is 5.95. The molecule has 0 radical (unpaired) electrons. The van der Waals surface area contributed by atoms with E-state index in [4.69, 9.17) is 0 Å². The molecule has 1 N–H and O–H groups in total. The number of pyridine rings is 1. The van der Waals surface area contributed by atoms with Crippen LogP contribution in [-0.2, 0) is 0 Å². The molecule has 2 fully saturated rings. The van der Waals surface area contributed by atoms with E-state index in [0.717, 1.165) is 30.4 Å². The molecule has 20 heavy (non-hydrogen) atoms. The first-order valence-corrected chi connectivity index (χ1v) is 7.80. The zero-order valence-corrected chi connectivity index (χ0v) is 12.1. The molecule has 2 unspecified atom stereocenters. The van der Waals surface area contributed by atoms with Crippen LogP contribution in [-0.4, -0.2) is 34.9 Å². The number of carbonyl (C=O) groups is 1. The van der Waals surface area contributed by atoms with E-state index in [1.807, 2.05) is 19.1 Å². The number of fused-ring (bicyclic) bond motifs is 1. The van der Waals surface area contributed by atoms with Crippen LogP contribution in [0.1, 0.15) is 49.4 Å². The zero-order valence-electron chi connectivity index (χ0n) is 12.1. The molecule has 1 saturated carbocycles. The molecule has 108 valence electrons. The summed E-state index contributed by atoms with van der Waals surface area (Å²) < 4.78 is 0. The number of nitrogens with zero attached hydrogens (tertiary/aromatic N) is 2. The van der Waals surface area contributed by atoms with Gasteiger partial charge in [-0.15, -0.1) is 0 Å². The quantitative estimate of drug-likeness (QED) is 0.921. The van der Waals surface area contributed by atoms with Gasteiger partial charge in [-0.3, -0.25) is 4.79 Å².